The predicted molar refractivity (Wildman–Crippen MR) is 72.4 cm³/mol. The van der Waals surface area contributed by atoms with Crippen molar-refractivity contribution in [1.82, 2.24) is 14.9 Å². The lowest BCUT2D eigenvalue weighted by Gasteiger charge is -2.26. The van der Waals surface area contributed by atoms with Crippen LogP contribution in [0.1, 0.15) is 16.2 Å². The minimum absolute atomic E-state index is 0.00581. The Morgan fingerprint density at radius 2 is 2.21 bits per heavy atom. The second-order valence-electron chi connectivity index (χ2n) is 4.46. The van der Waals surface area contributed by atoms with Gasteiger partial charge >= 0.3 is 0 Å². The molecule has 0 aromatic carbocycles. The largest absolute Gasteiger partial charge is 0.378 e. The van der Waals surface area contributed by atoms with Gasteiger partial charge in [-0.25, -0.2) is 4.98 Å². The predicted octanol–water partition coefficient (Wildman–Crippen LogP) is 1.77. The zero-order valence-corrected chi connectivity index (χ0v) is 11.1. The van der Waals surface area contributed by atoms with Gasteiger partial charge in [-0.1, -0.05) is 0 Å². The van der Waals surface area contributed by atoms with E-state index in [9.17, 15) is 4.79 Å². The Hall–Kier alpha value is -1.59. The number of nitrogens with zero attached hydrogens (tertiary/aromatic N) is 2. The number of nitrogens with one attached hydrogen (secondary N) is 1. The van der Waals surface area contributed by atoms with Crippen molar-refractivity contribution in [2.75, 3.05) is 26.3 Å². The van der Waals surface area contributed by atoms with Crippen molar-refractivity contribution in [2.24, 2.45) is 0 Å². The molecule has 1 saturated heterocycles. The number of amides is 1. The summed E-state index contributed by atoms with van der Waals surface area (Å²) in [7, 11) is 0. The molecule has 2 aromatic heterocycles. The quantitative estimate of drug-likeness (QED) is 0.853. The van der Waals surface area contributed by atoms with Crippen LogP contribution in [0.4, 0.5) is 0 Å². The van der Waals surface area contributed by atoms with E-state index >= 15 is 0 Å². The summed E-state index contributed by atoms with van der Waals surface area (Å²) in [5, 5.41) is 0. The first-order valence-corrected chi connectivity index (χ1v) is 6.73. The third-order valence-electron chi connectivity index (χ3n) is 3.20. The van der Waals surface area contributed by atoms with Crippen molar-refractivity contribution in [3.63, 3.8) is 0 Å². The highest BCUT2D eigenvalue weighted by Gasteiger charge is 2.20. The highest BCUT2D eigenvalue weighted by Crippen LogP contribution is 2.16. The van der Waals surface area contributed by atoms with Crippen molar-refractivity contribution < 1.29 is 9.53 Å². The number of ether oxygens (including phenoxy) is 1. The van der Waals surface area contributed by atoms with Crippen molar-refractivity contribution in [3.05, 3.63) is 29.6 Å². The smallest absolute Gasteiger partial charge is 0.270 e. The van der Waals surface area contributed by atoms with E-state index in [-0.39, 0.29) is 5.91 Å². The van der Waals surface area contributed by atoms with Crippen LogP contribution < -0.4 is 0 Å². The van der Waals surface area contributed by atoms with Crippen molar-refractivity contribution >= 4 is 28.5 Å². The van der Waals surface area contributed by atoms with Crippen LogP contribution in [0.2, 0.25) is 0 Å². The fourth-order valence-corrected chi connectivity index (χ4v) is 2.33. The molecule has 0 unspecified atom stereocenters. The first-order chi connectivity index (χ1) is 9.28. The summed E-state index contributed by atoms with van der Waals surface area (Å²) < 4.78 is 5.24. The van der Waals surface area contributed by atoms with Crippen molar-refractivity contribution in [3.8, 4) is 0 Å². The van der Waals surface area contributed by atoms with Gasteiger partial charge in [0.25, 0.3) is 5.91 Å². The molecule has 0 radical (unpaired) electrons. The fourth-order valence-electron chi connectivity index (χ4n) is 2.18. The van der Waals surface area contributed by atoms with Gasteiger partial charge in [-0.05, 0) is 18.2 Å². The number of hydrogen-bond acceptors (Lipinski definition) is 3. The van der Waals surface area contributed by atoms with Crippen LogP contribution in [-0.4, -0.2) is 47.1 Å². The van der Waals surface area contributed by atoms with Crippen LogP contribution in [0.15, 0.2) is 18.2 Å². The first kappa shape index (κ1) is 12.4. The van der Waals surface area contributed by atoms with Crippen LogP contribution >= 0.6 is 11.6 Å². The van der Waals surface area contributed by atoms with Crippen LogP contribution in [0, 0.1) is 0 Å². The molecule has 100 valence electrons. The Morgan fingerprint density at radius 3 is 2.95 bits per heavy atom. The number of aromatic amines is 1. The summed E-state index contributed by atoms with van der Waals surface area (Å²) >= 11 is 5.76. The molecule has 0 bridgehead atoms. The zero-order chi connectivity index (χ0) is 13.2. The maximum absolute atomic E-state index is 12.3. The summed E-state index contributed by atoms with van der Waals surface area (Å²) in [6, 6.07) is 5.54. The first-order valence-electron chi connectivity index (χ1n) is 6.19. The molecule has 1 aliphatic rings. The van der Waals surface area contributed by atoms with Gasteiger partial charge in [0.15, 0.2) is 0 Å². The molecule has 1 amide bonds. The Bertz CT molecular complexity index is 605. The molecule has 2 aromatic rings. The minimum Gasteiger partial charge on any atom is -0.378 e. The van der Waals surface area contributed by atoms with E-state index in [1.165, 1.54) is 0 Å². The summed E-state index contributed by atoms with van der Waals surface area (Å²) in [6.07, 6.45) is 0. The number of carbonyl (C=O) groups excluding carboxylic acids is 1. The molecule has 0 atom stereocenters. The van der Waals surface area contributed by atoms with E-state index in [0.29, 0.717) is 37.9 Å². The van der Waals surface area contributed by atoms with Gasteiger partial charge in [0.1, 0.15) is 5.69 Å². The molecule has 3 rings (SSSR count). The Balaban J connectivity index is 1.89. The second-order valence-corrected chi connectivity index (χ2v) is 4.72. The second kappa shape index (κ2) is 5.19. The molecule has 0 saturated carbocycles. The summed E-state index contributed by atoms with van der Waals surface area (Å²) in [6.45, 7) is 2.46. The van der Waals surface area contributed by atoms with Gasteiger partial charge in [0, 0.05) is 13.1 Å². The average Bonchev–Trinajstić information content (AvgIpc) is 2.90. The van der Waals surface area contributed by atoms with Gasteiger partial charge in [-0.2, -0.15) is 0 Å². The molecule has 19 heavy (non-hydrogen) atoms. The molecular formula is C13H14ClN3O2. The summed E-state index contributed by atoms with van der Waals surface area (Å²) in [5.41, 5.74) is 3.00. The van der Waals surface area contributed by atoms with Crippen LogP contribution in [0.5, 0.6) is 0 Å². The van der Waals surface area contributed by atoms with Gasteiger partial charge in [-0.3, -0.25) is 4.79 Å². The number of fused-ring (bicyclic) bond motifs is 1. The number of rotatable bonds is 2. The normalized spacial score (nSPS) is 15.9. The maximum atomic E-state index is 12.3. The van der Waals surface area contributed by atoms with Crippen LogP contribution in [0.3, 0.4) is 0 Å². The van der Waals surface area contributed by atoms with Crippen LogP contribution in [-0.2, 0) is 10.6 Å². The van der Waals surface area contributed by atoms with E-state index in [1.54, 1.807) is 11.0 Å². The third kappa shape index (κ3) is 2.43. The van der Waals surface area contributed by atoms with Gasteiger partial charge in [0.05, 0.1) is 35.8 Å². The monoisotopic (exact) mass is 279 g/mol. The Morgan fingerprint density at radius 1 is 1.42 bits per heavy atom. The number of hydrogen-bond donors (Lipinski definition) is 1. The number of halogens is 1. The Kier molecular flexibility index (Phi) is 3.40. The van der Waals surface area contributed by atoms with Crippen molar-refractivity contribution in [1.29, 1.82) is 0 Å². The molecule has 1 fully saturated rings. The molecule has 1 N–H and O–H groups in total. The lowest BCUT2D eigenvalue weighted by molar-refractivity contribution is 0.0299. The minimum atomic E-state index is -0.00581. The topological polar surface area (TPSA) is 58.2 Å². The lowest BCUT2D eigenvalue weighted by Crippen LogP contribution is -2.40. The molecule has 0 aliphatic carbocycles. The molecular weight excluding hydrogens is 266 g/mol. The van der Waals surface area contributed by atoms with E-state index in [4.69, 9.17) is 16.3 Å². The molecule has 6 heteroatoms. The van der Waals surface area contributed by atoms with Crippen LogP contribution in [0.25, 0.3) is 11.0 Å². The number of morpholine rings is 1. The number of aromatic nitrogens is 2. The molecule has 0 spiro atoms. The average molecular weight is 280 g/mol. The summed E-state index contributed by atoms with van der Waals surface area (Å²) in [4.78, 5) is 21.6. The Labute approximate surface area is 115 Å². The molecule has 1 aliphatic heterocycles. The maximum Gasteiger partial charge on any atom is 0.270 e. The molecule has 3 heterocycles. The fraction of sp³-hybridized carbons (Fsp3) is 0.385. The highest BCUT2D eigenvalue weighted by molar-refractivity contribution is 6.17. The van der Waals surface area contributed by atoms with E-state index in [1.807, 2.05) is 12.1 Å². The number of H-pyrrole nitrogens is 1. The van der Waals surface area contributed by atoms with E-state index < -0.39 is 0 Å². The SMILES string of the molecule is O=C(c1cc2nc(CCl)ccc2[nH]1)N1CCOCC1. The van der Waals surface area contributed by atoms with E-state index in [0.717, 1.165) is 16.7 Å². The van der Waals surface area contributed by atoms with E-state index in [2.05, 4.69) is 9.97 Å². The van der Waals surface area contributed by atoms with Gasteiger partial charge in [-0.15, -0.1) is 11.6 Å². The highest BCUT2D eigenvalue weighted by atomic mass is 35.5. The lowest BCUT2D eigenvalue weighted by atomic mass is 10.3. The zero-order valence-electron chi connectivity index (χ0n) is 10.4. The van der Waals surface area contributed by atoms with Crippen molar-refractivity contribution in [2.45, 2.75) is 5.88 Å². The number of pyridine rings is 1. The number of carbonyl (C=O) groups is 1. The van der Waals surface area contributed by atoms with Gasteiger partial charge in [0.2, 0.25) is 0 Å². The summed E-state index contributed by atoms with van der Waals surface area (Å²) in [5.74, 6) is 0.363. The third-order valence-corrected chi connectivity index (χ3v) is 3.47. The van der Waals surface area contributed by atoms with Gasteiger partial charge < -0.3 is 14.6 Å². The molecule has 5 nitrogen and oxygen atoms in total. The standard InChI is InChI=1S/C13H14ClN3O2/c14-8-9-1-2-10-11(15-9)7-12(16-10)13(18)17-3-5-19-6-4-17/h1-2,7,16H,3-6,8H2. The number of alkyl halides is 1.